The SMILES string of the molecule is CC[C@@H](CO)NC(=O)NCCc1sc(C)nc1C. The van der Waals surface area contributed by atoms with Gasteiger partial charge in [-0.15, -0.1) is 11.3 Å². The Morgan fingerprint density at radius 3 is 2.72 bits per heavy atom. The topological polar surface area (TPSA) is 74.2 Å². The standard InChI is InChI=1S/C12H21N3O2S/c1-4-10(7-16)15-12(17)13-6-5-11-8(2)14-9(3)18-11/h10,16H,4-7H2,1-3H3,(H2,13,15,17)/t10-/m0/s1. The second-order valence-corrected chi connectivity index (χ2v) is 5.47. The van der Waals surface area contributed by atoms with Gasteiger partial charge in [-0.3, -0.25) is 0 Å². The first-order valence-electron chi connectivity index (χ1n) is 6.15. The number of amides is 2. The van der Waals surface area contributed by atoms with E-state index in [2.05, 4.69) is 15.6 Å². The smallest absolute Gasteiger partial charge is 0.315 e. The summed E-state index contributed by atoms with van der Waals surface area (Å²) >= 11 is 1.67. The van der Waals surface area contributed by atoms with Crippen LogP contribution >= 0.6 is 11.3 Å². The van der Waals surface area contributed by atoms with Gasteiger partial charge in [0.1, 0.15) is 0 Å². The fourth-order valence-corrected chi connectivity index (χ4v) is 2.54. The van der Waals surface area contributed by atoms with Gasteiger partial charge >= 0.3 is 6.03 Å². The summed E-state index contributed by atoms with van der Waals surface area (Å²) in [6.45, 7) is 6.43. The quantitative estimate of drug-likeness (QED) is 0.731. The van der Waals surface area contributed by atoms with Gasteiger partial charge in [-0.25, -0.2) is 9.78 Å². The van der Waals surface area contributed by atoms with Crippen LogP contribution < -0.4 is 10.6 Å². The van der Waals surface area contributed by atoms with E-state index in [1.807, 2.05) is 20.8 Å². The van der Waals surface area contributed by atoms with Crippen molar-refractivity contribution in [2.75, 3.05) is 13.2 Å². The molecule has 2 amide bonds. The summed E-state index contributed by atoms with van der Waals surface area (Å²) < 4.78 is 0. The molecule has 0 aromatic carbocycles. The molecular weight excluding hydrogens is 250 g/mol. The average Bonchev–Trinajstić information content (AvgIpc) is 2.65. The molecule has 1 aromatic rings. The van der Waals surface area contributed by atoms with Crippen molar-refractivity contribution in [2.24, 2.45) is 0 Å². The van der Waals surface area contributed by atoms with Crippen LogP contribution in [-0.4, -0.2) is 35.3 Å². The maximum absolute atomic E-state index is 11.5. The van der Waals surface area contributed by atoms with E-state index >= 15 is 0 Å². The van der Waals surface area contributed by atoms with E-state index in [0.29, 0.717) is 6.54 Å². The van der Waals surface area contributed by atoms with Crippen LogP contribution in [-0.2, 0) is 6.42 Å². The lowest BCUT2D eigenvalue weighted by molar-refractivity contribution is 0.214. The van der Waals surface area contributed by atoms with Gasteiger partial charge in [0.15, 0.2) is 0 Å². The summed E-state index contributed by atoms with van der Waals surface area (Å²) in [5, 5.41) is 15.5. The zero-order valence-corrected chi connectivity index (χ0v) is 11.9. The Bertz CT molecular complexity index is 389. The predicted molar refractivity (Wildman–Crippen MR) is 73.0 cm³/mol. The molecule has 1 rings (SSSR count). The van der Waals surface area contributed by atoms with Crippen LogP contribution in [0.2, 0.25) is 0 Å². The van der Waals surface area contributed by atoms with E-state index in [1.165, 1.54) is 4.88 Å². The number of aliphatic hydroxyl groups is 1. The first-order valence-corrected chi connectivity index (χ1v) is 6.96. The van der Waals surface area contributed by atoms with Crippen LogP contribution in [0.3, 0.4) is 0 Å². The summed E-state index contributed by atoms with van der Waals surface area (Å²) in [6.07, 6.45) is 1.51. The second kappa shape index (κ2) is 7.33. The minimum Gasteiger partial charge on any atom is -0.394 e. The third-order valence-electron chi connectivity index (χ3n) is 2.69. The van der Waals surface area contributed by atoms with Gasteiger partial charge in [-0.1, -0.05) is 6.92 Å². The van der Waals surface area contributed by atoms with Gasteiger partial charge in [0.25, 0.3) is 0 Å². The molecule has 0 spiro atoms. The summed E-state index contributed by atoms with van der Waals surface area (Å²) in [5.74, 6) is 0. The van der Waals surface area contributed by atoms with Gasteiger partial charge in [-0.05, 0) is 20.3 Å². The van der Waals surface area contributed by atoms with Crippen molar-refractivity contribution in [3.05, 3.63) is 15.6 Å². The minimum atomic E-state index is -0.227. The van der Waals surface area contributed by atoms with Crippen LogP contribution in [0.5, 0.6) is 0 Å². The molecule has 0 saturated heterocycles. The number of carbonyl (C=O) groups excluding carboxylic acids is 1. The molecule has 0 radical (unpaired) electrons. The Kier molecular flexibility index (Phi) is 6.07. The molecule has 0 bridgehead atoms. The van der Waals surface area contributed by atoms with Crippen molar-refractivity contribution >= 4 is 17.4 Å². The van der Waals surface area contributed by atoms with Gasteiger partial charge < -0.3 is 15.7 Å². The van der Waals surface area contributed by atoms with Gasteiger partial charge in [0, 0.05) is 17.8 Å². The van der Waals surface area contributed by atoms with Crippen LogP contribution in [0, 0.1) is 13.8 Å². The molecule has 0 fully saturated rings. The Morgan fingerprint density at radius 2 is 2.22 bits per heavy atom. The molecule has 5 nitrogen and oxygen atoms in total. The Labute approximate surface area is 112 Å². The van der Waals surface area contributed by atoms with Crippen LogP contribution in [0.1, 0.15) is 28.9 Å². The zero-order chi connectivity index (χ0) is 13.5. The third kappa shape index (κ3) is 4.62. The number of rotatable bonds is 6. The molecule has 102 valence electrons. The van der Waals surface area contributed by atoms with Crippen LogP contribution in [0.25, 0.3) is 0 Å². The number of aromatic nitrogens is 1. The highest BCUT2D eigenvalue weighted by molar-refractivity contribution is 7.11. The van der Waals surface area contributed by atoms with Crippen molar-refractivity contribution in [1.29, 1.82) is 0 Å². The molecule has 18 heavy (non-hydrogen) atoms. The summed E-state index contributed by atoms with van der Waals surface area (Å²) in [4.78, 5) is 17.1. The molecule has 6 heteroatoms. The molecule has 1 heterocycles. The third-order valence-corrected chi connectivity index (χ3v) is 3.82. The van der Waals surface area contributed by atoms with E-state index in [4.69, 9.17) is 5.11 Å². The number of urea groups is 1. The summed E-state index contributed by atoms with van der Waals surface area (Å²) in [7, 11) is 0. The lowest BCUT2D eigenvalue weighted by Crippen LogP contribution is -2.44. The van der Waals surface area contributed by atoms with Crippen LogP contribution in [0.15, 0.2) is 0 Å². The Balaban J connectivity index is 2.29. The van der Waals surface area contributed by atoms with Crippen molar-refractivity contribution in [3.8, 4) is 0 Å². The maximum atomic E-state index is 11.5. The molecule has 1 atom stereocenters. The lowest BCUT2D eigenvalue weighted by atomic mass is 10.2. The van der Waals surface area contributed by atoms with Gasteiger partial charge in [0.2, 0.25) is 0 Å². The number of hydrogen-bond acceptors (Lipinski definition) is 4. The van der Waals surface area contributed by atoms with E-state index in [-0.39, 0.29) is 18.7 Å². The van der Waals surface area contributed by atoms with E-state index in [0.717, 1.165) is 23.5 Å². The lowest BCUT2D eigenvalue weighted by Gasteiger charge is -2.14. The summed E-state index contributed by atoms with van der Waals surface area (Å²) in [5.41, 5.74) is 1.04. The molecule has 0 aliphatic heterocycles. The molecule has 0 unspecified atom stereocenters. The number of thiazole rings is 1. The molecular formula is C12H21N3O2S. The van der Waals surface area contributed by atoms with E-state index in [1.54, 1.807) is 11.3 Å². The second-order valence-electron chi connectivity index (χ2n) is 4.18. The normalized spacial score (nSPS) is 12.2. The number of aryl methyl sites for hydroxylation is 2. The van der Waals surface area contributed by atoms with E-state index < -0.39 is 0 Å². The minimum absolute atomic E-state index is 0.0307. The fraction of sp³-hybridized carbons (Fsp3) is 0.667. The highest BCUT2D eigenvalue weighted by Crippen LogP contribution is 2.16. The molecule has 0 aliphatic rings. The van der Waals surface area contributed by atoms with Crippen molar-refractivity contribution in [3.63, 3.8) is 0 Å². The number of nitrogens with one attached hydrogen (secondary N) is 2. The Hall–Kier alpha value is -1.14. The number of carbonyl (C=O) groups is 1. The molecule has 0 aliphatic carbocycles. The number of aliphatic hydroxyl groups excluding tert-OH is 1. The number of hydrogen-bond donors (Lipinski definition) is 3. The zero-order valence-electron chi connectivity index (χ0n) is 11.1. The monoisotopic (exact) mass is 271 g/mol. The molecule has 0 saturated carbocycles. The Morgan fingerprint density at radius 1 is 1.50 bits per heavy atom. The molecule has 1 aromatic heterocycles. The van der Waals surface area contributed by atoms with Gasteiger partial charge in [0.05, 0.1) is 23.4 Å². The first-order chi connectivity index (χ1) is 8.56. The molecule has 3 N–H and O–H groups in total. The average molecular weight is 271 g/mol. The predicted octanol–water partition coefficient (Wildman–Crippen LogP) is 1.37. The van der Waals surface area contributed by atoms with Crippen molar-refractivity contribution in [2.45, 2.75) is 39.7 Å². The van der Waals surface area contributed by atoms with Gasteiger partial charge in [-0.2, -0.15) is 0 Å². The highest BCUT2D eigenvalue weighted by atomic mass is 32.1. The van der Waals surface area contributed by atoms with Crippen molar-refractivity contribution < 1.29 is 9.90 Å². The highest BCUT2D eigenvalue weighted by Gasteiger charge is 2.09. The number of nitrogens with zero attached hydrogens (tertiary/aromatic N) is 1. The van der Waals surface area contributed by atoms with Crippen LogP contribution in [0.4, 0.5) is 4.79 Å². The first kappa shape index (κ1) is 14.9. The largest absolute Gasteiger partial charge is 0.394 e. The maximum Gasteiger partial charge on any atom is 0.315 e. The fourth-order valence-electron chi connectivity index (χ4n) is 1.61. The van der Waals surface area contributed by atoms with E-state index in [9.17, 15) is 4.79 Å². The summed E-state index contributed by atoms with van der Waals surface area (Å²) in [6, 6.07) is -0.396. The van der Waals surface area contributed by atoms with Crippen molar-refractivity contribution in [1.82, 2.24) is 15.6 Å².